The molecule has 28 heavy (non-hydrogen) atoms. The van der Waals surface area contributed by atoms with Crippen molar-refractivity contribution >= 4 is 16.8 Å². The summed E-state index contributed by atoms with van der Waals surface area (Å²) in [6.07, 6.45) is -10.2. The Balaban J connectivity index is 2.10. The number of fused-ring (bicyclic) bond motifs is 1. The Hall–Kier alpha value is -3.35. The third-order valence-electron chi connectivity index (χ3n) is 3.94. The van der Waals surface area contributed by atoms with Gasteiger partial charge in [-0.25, -0.2) is 4.98 Å². The SMILES string of the molecule is N#CC(C(=O)c1cc(C(F)(F)F)cc(C(F)(F)F)c1)c1nc2ccccc2[nH]1. The van der Waals surface area contributed by atoms with Gasteiger partial charge in [0.25, 0.3) is 0 Å². The molecule has 0 saturated carbocycles. The van der Waals surface area contributed by atoms with Crippen LogP contribution >= 0.6 is 0 Å². The molecule has 1 N–H and O–H groups in total. The summed E-state index contributed by atoms with van der Waals surface area (Å²) in [6, 6.07) is 8.55. The minimum atomic E-state index is -5.10. The number of aromatic nitrogens is 2. The number of Topliss-reactive ketones (excluding diaryl/α,β-unsaturated/α-hetero) is 1. The summed E-state index contributed by atoms with van der Waals surface area (Å²) in [5.41, 5.74) is -3.29. The highest BCUT2D eigenvalue weighted by atomic mass is 19.4. The molecule has 0 aliphatic rings. The van der Waals surface area contributed by atoms with Crippen molar-refractivity contribution in [3.05, 3.63) is 65.0 Å². The van der Waals surface area contributed by atoms with E-state index in [0.717, 1.165) is 0 Å². The van der Waals surface area contributed by atoms with Crippen LogP contribution < -0.4 is 0 Å². The summed E-state index contributed by atoms with van der Waals surface area (Å²) < 4.78 is 77.9. The van der Waals surface area contributed by atoms with Crippen LogP contribution in [0.4, 0.5) is 26.3 Å². The molecule has 3 rings (SSSR count). The van der Waals surface area contributed by atoms with Gasteiger partial charge in [0.05, 0.1) is 28.2 Å². The van der Waals surface area contributed by atoms with Crippen LogP contribution in [-0.2, 0) is 12.4 Å². The van der Waals surface area contributed by atoms with Crippen molar-refractivity contribution in [2.24, 2.45) is 0 Å². The van der Waals surface area contributed by atoms with Gasteiger partial charge in [0.1, 0.15) is 5.82 Å². The maximum absolute atomic E-state index is 13.0. The van der Waals surface area contributed by atoms with Crippen molar-refractivity contribution < 1.29 is 31.1 Å². The number of hydrogen-bond acceptors (Lipinski definition) is 3. The molecule has 0 saturated heterocycles. The predicted octanol–water partition coefficient (Wildman–Crippen LogP) is 5.09. The van der Waals surface area contributed by atoms with Gasteiger partial charge in [0.15, 0.2) is 11.7 Å². The number of nitrogens with zero attached hydrogens (tertiary/aromatic N) is 2. The van der Waals surface area contributed by atoms with Gasteiger partial charge in [-0.15, -0.1) is 0 Å². The van der Waals surface area contributed by atoms with E-state index in [1.807, 2.05) is 0 Å². The highest BCUT2D eigenvalue weighted by Gasteiger charge is 2.38. The van der Waals surface area contributed by atoms with E-state index in [-0.39, 0.29) is 11.9 Å². The molecule has 0 spiro atoms. The Morgan fingerprint density at radius 1 is 1.00 bits per heavy atom. The normalized spacial score (nSPS) is 13.3. The summed E-state index contributed by atoms with van der Waals surface area (Å²) in [7, 11) is 0. The van der Waals surface area contributed by atoms with Gasteiger partial charge in [-0.2, -0.15) is 31.6 Å². The molecule has 2 aromatic carbocycles. The van der Waals surface area contributed by atoms with Crippen molar-refractivity contribution in [1.82, 2.24) is 9.97 Å². The number of aromatic amines is 1. The molecule has 3 aromatic rings. The van der Waals surface area contributed by atoms with Crippen molar-refractivity contribution in [2.45, 2.75) is 18.3 Å². The summed E-state index contributed by atoms with van der Waals surface area (Å²) in [5, 5.41) is 9.32. The summed E-state index contributed by atoms with van der Waals surface area (Å²) in [6.45, 7) is 0. The van der Waals surface area contributed by atoms with Crippen LogP contribution in [0.2, 0.25) is 0 Å². The lowest BCUT2D eigenvalue weighted by molar-refractivity contribution is -0.143. The molecule has 0 aliphatic heterocycles. The zero-order valence-corrected chi connectivity index (χ0v) is 13.7. The Labute approximate surface area is 153 Å². The highest BCUT2D eigenvalue weighted by molar-refractivity contribution is 6.03. The van der Waals surface area contributed by atoms with Gasteiger partial charge >= 0.3 is 12.4 Å². The van der Waals surface area contributed by atoms with Gasteiger partial charge in [-0.05, 0) is 30.3 Å². The first-order chi connectivity index (χ1) is 13.0. The van der Waals surface area contributed by atoms with E-state index < -0.39 is 40.7 Å². The number of nitrogens with one attached hydrogen (secondary N) is 1. The molecule has 0 radical (unpaired) electrons. The molecule has 4 nitrogen and oxygen atoms in total. The largest absolute Gasteiger partial charge is 0.416 e. The van der Waals surface area contributed by atoms with Gasteiger partial charge < -0.3 is 4.98 Å². The Morgan fingerprint density at radius 3 is 2.07 bits per heavy atom. The van der Waals surface area contributed by atoms with Gasteiger partial charge in [-0.3, -0.25) is 4.79 Å². The smallest absolute Gasteiger partial charge is 0.340 e. The van der Waals surface area contributed by atoms with Crippen LogP contribution in [0.15, 0.2) is 42.5 Å². The minimum Gasteiger partial charge on any atom is -0.340 e. The fourth-order valence-electron chi connectivity index (χ4n) is 2.62. The molecular weight excluding hydrogens is 388 g/mol. The number of alkyl halides is 6. The molecule has 0 fully saturated rings. The maximum Gasteiger partial charge on any atom is 0.416 e. The molecular formula is C18H9F6N3O. The first-order valence-corrected chi connectivity index (χ1v) is 7.68. The summed E-state index contributed by atoms with van der Waals surface area (Å²) >= 11 is 0. The number of rotatable bonds is 3. The first-order valence-electron chi connectivity index (χ1n) is 7.68. The van der Waals surface area contributed by atoms with Crippen LogP contribution in [-0.4, -0.2) is 15.8 Å². The van der Waals surface area contributed by atoms with Gasteiger partial charge in [0.2, 0.25) is 0 Å². The lowest BCUT2D eigenvalue weighted by Gasteiger charge is -2.14. The van der Waals surface area contributed by atoms with Crippen LogP contribution in [0.3, 0.4) is 0 Å². The third kappa shape index (κ3) is 3.69. The fourth-order valence-corrected chi connectivity index (χ4v) is 2.62. The molecule has 0 bridgehead atoms. The first kappa shape index (κ1) is 19.4. The number of imidazole rings is 1. The van der Waals surface area contributed by atoms with E-state index >= 15 is 0 Å². The lowest BCUT2D eigenvalue weighted by Crippen LogP contribution is -2.17. The quantitative estimate of drug-likeness (QED) is 0.494. The van der Waals surface area contributed by atoms with Crippen molar-refractivity contribution in [1.29, 1.82) is 5.26 Å². The van der Waals surface area contributed by atoms with Crippen molar-refractivity contribution in [3.8, 4) is 6.07 Å². The summed E-state index contributed by atoms with van der Waals surface area (Å²) in [5.74, 6) is -3.09. The average Bonchev–Trinajstić information content (AvgIpc) is 3.04. The molecule has 1 atom stereocenters. The third-order valence-corrected chi connectivity index (χ3v) is 3.94. The second kappa shape index (κ2) is 6.67. The lowest BCUT2D eigenvalue weighted by atomic mass is 9.94. The van der Waals surface area contributed by atoms with Crippen LogP contribution in [0, 0.1) is 11.3 Å². The van der Waals surface area contributed by atoms with Gasteiger partial charge in [0, 0.05) is 5.56 Å². The zero-order chi connectivity index (χ0) is 20.7. The van der Waals surface area contributed by atoms with E-state index in [2.05, 4.69) is 9.97 Å². The van der Waals surface area contributed by atoms with E-state index in [1.165, 1.54) is 0 Å². The number of hydrogen-bond donors (Lipinski definition) is 1. The number of benzene rings is 2. The van der Waals surface area contributed by atoms with E-state index in [1.54, 1.807) is 30.3 Å². The molecule has 144 valence electrons. The molecule has 10 heteroatoms. The van der Waals surface area contributed by atoms with E-state index in [4.69, 9.17) is 0 Å². The average molecular weight is 397 g/mol. The Morgan fingerprint density at radius 2 is 1.57 bits per heavy atom. The Kier molecular flexibility index (Phi) is 4.62. The number of halogens is 6. The fraction of sp³-hybridized carbons (Fsp3) is 0.167. The van der Waals surface area contributed by atoms with Crippen LogP contribution in [0.1, 0.15) is 33.2 Å². The number of ketones is 1. The molecule has 0 aliphatic carbocycles. The van der Waals surface area contributed by atoms with Crippen LogP contribution in [0.25, 0.3) is 11.0 Å². The maximum atomic E-state index is 13.0. The second-order valence-corrected chi connectivity index (χ2v) is 5.86. The summed E-state index contributed by atoms with van der Waals surface area (Å²) in [4.78, 5) is 19.3. The Bertz CT molecular complexity index is 1030. The number of nitriles is 1. The number of carbonyl (C=O) groups excluding carboxylic acids is 1. The predicted molar refractivity (Wildman–Crippen MR) is 85.2 cm³/mol. The van der Waals surface area contributed by atoms with E-state index in [9.17, 15) is 36.4 Å². The topological polar surface area (TPSA) is 69.5 Å². The zero-order valence-electron chi connectivity index (χ0n) is 13.7. The number of para-hydroxylation sites is 2. The van der Waals surface area contributed by atoms with Crippen LogP contribution in [0.5, 0.6) is 0 Å². The standard InChI is InChI=1S/C18H9F6N3O/c19-17(20,21)10-5-9(6-11(7-10)18(22,23)24)15(28)12(8-25)16-26-13-3-1-2-4-14(13)27-16/h1-7,12H,(H,26,27). The second-order valence-electron chi connectivity index (χ2n) is 5.86. The molecule has 1 aromatic heterocycles. The minimum absolute atomic E-state index is 0.0840. The van der Waals surface area contributed by atoms with Gasteiger partial charge in [-0.1, -0.05) is 12.1 Å². The number of H-pyrrole nitrogens is 1. The van der Waals surface area contributed by atoms with Crippen molar-refractivity contribution in [3.63, 3.8) is 0 Å². The molecule has 1 unspecified atom stereocenters. The van der Waals surface area contributed by atoms with Crippen molar-refractivity contribution in [2.75, 3.05) is 0 Å². The highest BCUT2D eigenvalue weighted by Crippen LogP contribution is 2.37. The monoisotopic (exact) mass is 397 g/mol. The number of carbonyl (C=O) groups is 1. The molecule has 0 amide bonds. The molecule has 1 heterocycles. The van der Waals surface area contributed by atoms with E-state index in [0.29, 0.717) is 23.2 Å².